The molecule has 1 fully saturated rings. The first-order valence-electron chi connectivity index (χ1n) is 7.63. The highest BCUT2D eigenvalue weighted by Gasteiger charge is 2.38. The van der Waals surface area contributed by atoms with Gasteiger partial charge in [0.05, 0.1) is 0 Å². The van der Waals surface area contributed by atoms with E-state index in [1.165, 1.54) is 17.7 Å². The van der Waals surface area contributed by atoms with Crippen molar-refractivity contribution in [3.05, 3.63) is 29.6 Å². The van der Waals surface area contributed by atoms with Crippen molar-refractivity contribution in [1.29, 1.82) is 0 Å². The van der Waals surface area contributed by atoms with Crippen LogP contribution in [0.1, 0.15) is 51.6 Å². The summed E-state index contributed by atoms with van der Waals surface area (Å²) in [5, 5.41) is 3.83. The van der Waals surface area contributed by atoms with Gasteiger partial charge in [-0.25, -0.2) is 4.39 Å². The van der Waals surface area contributed by atoms with Gasteiger partial charge in [0.2, 0.25) is 0 Å². The molecule has 3 unspecified atom stereocenters. The lowest BCUT2D eigenvalue weighted by molar-refractivity contribution is 0.347. The summed E-state index contributed by atoms with van der Waals surface area (Å²) in [6.07, 6.45) is 3.61. The van der Waals surface area contributed by atoms with Crippen LogP contribution >= 0.6 is 11.8 Å². The van der Waals surface area contributed by atoms with Crippen molar-refractivity contribution >= 4 is 11.8 Å². The Morgan fingerprint density at radius 1 is 1.30 bits per heavy atom. The van der Waals surface area contributed by atoms with Gasteiger partial charge in [0.25, 0.3) is 0 Å². The van der Waals surface area contributed by atoms with Crippen LogP contribution in [0.4, 0.5) is 4.39 Å². The Labute approximate surface area is 125 Å². The minimum absolute atomic E-state index is 0.113. The zero-order valence-electron chi connectivity index (χ0n) is 12.6. The highest BCUT2D eigenvalue weighted by Crippen LogP contribution is 2.43. The SMILES string of the molecule is CC1CC(C)(C)CC1NC1CCSc2ccc(F)cc21. The average Bonchev–Trinajstić information content (AvgIpc) is 2.63. The average molecular weight is 293 g/mol. The number of benzene rings is 1. The van der Waals surface area contributed by atoms with Crippen LogP contribution in [0, 0.1) is 17.2 Å². The highest BCUT2D eigenvalue weighted by atomic mass is 32.2. The van der Waals surface area contributed by atoms with Crippen LogP contribution < -0.4 is 5.32 Å². The molecule has 3 rings (SSSR count). The van der Waals surface area contributed by atoms with E-state index in [2.05, 4.69) is 26.1 Å². The summed E-state index contributed by atoms with van der Waals surface area (Å²) in [5.41, 5.74) is 1.60. The zero-order valence-corrected chi connectivity index (χ0v) is 13.4. The van der Waals surface area contributed by atoms with E-state index < -0.39 is 0 Å². The van der Waals surface area contributed by atoms with Gasteiger partial charge in [-0.3, -0.25) is 0 Å². The second kappa shape index (κ2) is 5.34. The lowest BCUT2D eigenvalue weighted by atomic mass is 9.91. The third-order valence-electron chi connectivity index (χ3n) is 4.76. The quantitative estimate of drug-likeness (QED) is 0.842. The number of fused-ring (bicyclic) bond motifs is 1. The summed E-state index contributed by atoms with van der Waals surface area (Å²) >= 11 is 1.85. The molecule has 0 spiro atoms. The molecule has 1 aromatic rings. The number of hydrogen-bond acceptors (Lipinski definition) is 2. The highest BCUT2D eigenvalue weighted by molar-refractivity contribution is 7.99. The number of nitrogens with one attached hydrogen (secondary N) is 1. The molecule has 0 bridgehead atoms. The van der Waals surface area contributed by atoms with Crippen molar-refractivity contribution in [2.24, 2.45) is 11.3 Å². The summed E-state index contributed by atoms with van der Waals surface area (Å²) in [4.78, 5) is 1.25. The lowest BCUT2D eigenvalue weighted by Gasteiger charge is -2.30. The van der Waals surface area contributed by atoms with Crippen LogP contribution in [0.5, 0.6) is 0 Å². The number of rotatable bonds is 2. The fourth-order valence-corrected chi connectivity index (χ4v) is 5.02. The van der Waals surface area contributed by atoms with Crippen LogP contribution in [0.25, 0.3) is 0 Å². The first-order chi connectivity index (χ1) is 9.44. The van der Waals surface area contributed by atoms with Gasteiger partial charge in [0.1, 0.15) is 5.82 Å². The van der Waals surface area contributed by atoms with Gasteiger partial charge < -0.3 is 5.32 Å². The summed E-state index contributed by atoms with van der Waals surface area (Å²) < 4.78 is 13.5. The maximum Gasteiger partial charge on any atom is 0.123 e. The zero-order chi connectivity index (χ0) is 14.3. The molecular formula is C17H24FNS. The minimum atomic E-state index is -0.113. The van der Waals surface area contributed by atoms with Gasteiger partial charge >= 0.3 is 0 Å². The Kier molecular flexibility index (Phi) is 3.85. The van der Waals surface area contributed by atoms with Crippen LogP contribution in [0.3, 0.4) is 0 Å². The molecule has 0 aromatic heterocycles. The monoisotopic (exact) mass is 293 g/mol. The van der Waals surface area contributed by atoms with E-state index in [-0.39, 0.29) is 5.82 Å². The molecule has 1 aliphatic heterocycles. The first-order valence-corrected chi connectivity index (χ1v) is 8.61. The van der Waals surface area contributed by atoms with Gasteiger partial charge in [0, 0.05) is 17.0 Å². The van der Waals surface area contributed by atoms with Gasteiger partial charge in [-0.1, -0.05) is 20.8 Å². The lowest BCUT2D eigenvalue weighted by Crippen LogP contribution is -2.36. The number of halogens is 1. The maximum atomic E-state index is 13.5. The Balaban J connectivity index is 1.78. The summed E-state index contributed by atoms with van der Waals surface area (Å²) in [5.74, 6) is 1.72. The molecule has 1 N–H and O–H groups in total. The fraction of sp³-hybridized carbons (Fsp3) is 0.647. The molecule has 0 saturated heterocycles. The molecule has 0 amide bonds. The predicted molar refractivity (Wildman–Crippen MR) is 83.6 cm³/mol. The van der Waals surface area contributed by atoms with E-state index in [1.54, 1.807) is 12.1 Å². The van der Waals surface area contributed by atoms with E-state index in [9.17, 15) is 4.39 Å². The van der Waals surface area contributed by atoms with Crippen LogP contribution in [-0.2, 0) is 0 Å². The second-order valence-corrected chi connectivity index (χ2v) is 8.33. The molecule has 2 aliphatic rings. The standard InChI is InChI=1S/C17H24FNS/c1-11-9-17(2,3)10-15(11)19-14-6-7-20-16-5-4-12(18)8-13(14)16/h4-5,8,11,14-15,19H,6-7,9-10H2,1-3H3. The first kappa shape index (κ1) is 14.4. The number of hydrogen-bond donors (Lipinski definition) is 1. The van der Waals surface area contributed by atoms with E-state index in [1.807, 2.05) is 17.8 Å². The second-order valence-electron chi connectivity index (χ2n) is 7.19. The van der Waals surface area contributed by atoms with Crippen molar-refractivity contribution in [2.45, 2.75) is 57.0 Å². The van der Waals surface area contributed by atoms with Crippen molar-refractivity contribution in [3.8, 4) is 0 Å². The van der Waals surface area contributed by atoms with Gasteiger partial charge in [-0.2, -0.15) is 0 Å². The molecule has 20 heavy (non-hydrogen) atoms. The Morgan fingerprint density at radius 2 is 2.10 bits per heavy atom. The Hall–Kier alpha value is -0.540. The third kappa shape index (κ3) is 2.89. The van der Waals surface area contributed by atoms with E-state index in [4.69, 9.17) is 0 Å². The summed E-state index contributed by atoms with van der Waals surface area (Å²) in [6.45, 7) is 7.06. The Morgan fingerprint density at radius 3 is 2.80 bits per heavy atom. The molecule has 1 aliphatic carbocycles. The minimum Gasteiger partial charge on any atom is -0.307 e. The summed E-state index contributed by atoms with van der Waals surface area (Å²) in [7, 11) is 0. The van der Waals surface area contributed by atoms with Crippen molar-refractivity contribution in [2.75, 3.05) is 5.75 Å². The van der Waals surface area contributed by atoms with E-state index in [0.29, 0.717) is 23.4 Å². The van der Waals surface area contributed by atoms with Gasteiger partial charge in [-0.15, -0.1) is 11.8 Å². The van der Waals surface area contributed by atoms with E-state index in [0.717, 1.165) is 17.7 Å². The Bertz CT molecular complexity index is 500. The topological polar surface area (TPSA) is 12.0 Å². The molecule has 110 valence electrons. The van der Waals surface area contributed by atoms with Gasteiger partial charge in [-0.05, 0) is 60.1 Å². The molecule has 1 heterocycles. The smallest absolute Gasteiger partial charge is 0.123 e. The number of thioether (sulfide) groups is 1. The normalized spacial score (nSPS) is 32.1. The molecular weight excluding hydrogens is 269 g/mol. The third-order valence-corrected chi connectivity index (χ3v) is 5.88. The van der Waals surface area contributed by atoms with Crippen LogP contribution in [0.15, 0.2) is 23.1 Å². The molecule has 1 aromatic carbocycles. The molecule has 0 radical (unpaired) electrons. The van der Waals surface area contributed by atoms with Crippen molar-refractivity contribution < 1.29 is 4.39 Å². The van der Waals surface area contributed by atoms with Crippen molar-refractivity contribution in [1.82, 2.24) is 5.32 Å². The molecule has 3 heteroatoms. The van der Waals surface area contributed by atoms with Crippen LogP contribution in [0.2, 0.25) is 0 Å². The molecule has 1 nitrogen and oxygen atoms in total. The predicted octanol–water partition coefficient (Wildman–Crippen LogP) is 4.78. The van der Waals surface area contributed by atoms with Crippen molar-refractivity contribution in [3.63, 3.8) is 0 Å². The van der Waals surface area contributed by atoms with Gasteiger partial charge in [0.15, 0.2) is 0 Å². The maximum absolute atomic E-state index is 13.5. The molecule has 1 saturated carbocycles. The van der Waals surface area contributed by atoms with E-state index >= 15 is 0 Å². The largest absolute Gasteiger partial charge is 0.307 e. The molecule has 3 atom stereocenters. The van der Waals surface area contributed by atoms with Crippen LogP contribution in [-0.4, -0.2) is 11.8 Å². The fourth-order valence-electron chi connectivity index (χ4n) is 3.91. The summed E-state index contributed by atoms with van der Waals surface area (Å²) in [6, 6.07) is 6.13.